The van der Waals surface area contributed by atoms with Crippen molar-refractivity contribution in [3.05, 3.63) is 6.07 Å². The van der Waals surface area contributed by atoms with Crippen LogP contribution in [-0.2, 0) is 0 Å². The molecule has 1 aromatic rings. The fraction of sp³-hybridized carbons (Fsp3) is 0.571. The van der Waals surface area contributed by atoms with E-state index in [4.69, 9.17) is 10.9 Å². The average Bonchev–Trinajstić information content (AvgIpc) is 2.47. The van der Waals surface area contributed by atoms with Gasteiger partial charge in [0.25, 0.3) is 0 Å². The van der Waals surface area contributed by atoms with Crippen molar-refractivity contribution in [2.24, 2.45) is 5.84 Å². The van der Waals surface area contributed by atoms with Crippen molar-refractivity contribution in [3.63, 3.8) is 0 Å². The number of aromatic hydroxyl groups is 1. The molecule has 0 aromatic carbocycles. The van der Waals surface area contributed by atoms with Crippen LogP contribution in [0.15, 0.2) is 6.07 Å². The molecular weight excluding hydrogens is 188 g/mol. The molecule has 13 heavy (non-hydrogen) atoms. The molecule has 0 aliphatic carbocycles. The Hall–Kier alpha value is -0.850. The fourth-order valence-corrected chi connectivity index (χ4v) is 1.40. The number of nitrogens with zero attached hydrogens (tertiary/aromatic N) is 3. The monoisotopic (exact) mass is 202 g/mol. The zero-order valence-electron chi connectivity index (χ0n) is 7.77. The molecule has 0 unspecified atom stereocenters. The maximum atomic E-state index is 8.99. The molecule has 74 valence electrons. The van der Waals surface area contributed by atoms with Crippen LogP contribution in [0.2, 0.25) is 0 Å². The molecule has 0 aliphatic rings. The van der Waals surface area contributed by atoms with E-state index in [2.05, 4.69) is 4.37 Å². The summed E-state index contributed by atoms with van der Waals surface area (Å²) in [6, 6.07) is 1.56. The third-order valence-electron chi connectivity index (χ3n) is 1.56. The standard InChI is InChI=1S/C7H14N4OS/c1-10(2)3-4-11(8)7-5-6(12)9-13-7/h5H,3-4,8H2,1-2H3,(H,9,12). The summed E-state index contributed by atoms with van der Waals surface area (Å²) in [5.74, 6) is 5.75. The highest BCUT2D eigenvalue weighted by molar-refractivity contribution is 7.10. The average molecular weight is 202 g/mol. The quantitative estimate of drug-likeness (QED) is 0.535. The van der Waals surface area contributed by atoms with E-state index in [1.807, 2.05) is 19.0 Å². The predicted octanol–water partition coefficient (Wildman–Crippen LogP) is 0.0904. The lowest BCUT2D eigenvalue weighted by atomic mass is 10.5. The van der Waals surface area contributed by atoms with Crippen molar-refractivity contribution in [3.8, 4) is 5.88 Å². The van der Waals surface area contributed by atoms with Gasteiger partial charge < -0.3 is 10.0 Å². The van der Waals surface area contributed by atoms with E-state index < -0.39 is 0 Å². The molecular formula is C7H14N4OS. The Morgan fingerprint density at radius 3 is 2.69 bits per heavy atom. The van der Waals surface area contributed by atoms with Gasteiger partial charge >= 0.3 is 0 Å². The minimum absolute atomic E-state index is 0.0281. The first-order chi connectivity index (χ1) is 6.09. The van der Waals surface area contributed by atoms with Crippen LogP contribution in [0.5, 0.6) is 5.88 Å². The molecule has 0 atom stereocenters. The van der Waals surface area contributed by atoms with Gasteiger partial charge in [0, 0.05) is 19.2 Å². The van der Waals surface area contributed by atoms with Crippen LogP contribution in [0.4, 0.5) is 5.00 Å². The zero-order valence-corrected chi connectivity index (χ0v) is 8.58. The van der Waals surface area contributed by atoms with E-state index in [-0.39, 0.29) is 5.88 Å². The normalized spacial score (nSPS) is 10.8. The smallest absolute Gasteiger partial charge is 0.224 e. The lowest BCUT2D eigenvalue weighted by molar-refractivity contribution is 0.414. The van der Waals surface area contributed by atoms with Gasteiger partial charge in [-0.1, -0.05) is 0 Å². The number of hydrazine groups is 1. The number of hydrogen-bond donors (Lipinski definition) is 2. The minimum Gasteiger partial charge on any atom is -0.493 e. The molecule has 1 rings (SSSR count). The summed E-state index contributed by atoms with van der Waals surface area (Å²) >= 11 is 1.19. The molecule has 1 heterocycles. The molecule has 0 bridgehead atoms. The van der Waals surface area contributed by atoms with Gasteiger partial charge in [-0.2, -0.15) is 4.37 Å². The summed E-state index contributed by atoms with van der Waals surface area (Å²) in [5.41, 5.74) is 0. The van der Waals surface area contributed by atoms with E-state index >= 15 is 0 Å². The van der Waals surface area contributed by atoms with Gasteiger partial charge in [-0.25, -0.2) is 5.84 Å². The van der Waals surface area contributed by atoms with Crippen LogP contribution >= 0.6 is 11.5 Å². The molecule has 0 amide bonds. The lowest BCUT2D eigenvalue weighted by Crippen LogP contribution is -2.36. The van der Waals surface area contributed by atoms with Crippen LogP contribution in [0.25, 0.3) is 0 Å². The molecule has 0 radical (unpaired) electrons. The molecule has 0 saturated heterocycles. The van der Waals surface area contributed by atoms with Gasteiger partial charge in [-0.15, -0.1) is 0 Å². The fourth-order valence-electron chi connectivity index (χ4n) is 0.810. The van der Waals surface area contributed by atoms with Gasteiger partial charge in [-0.05, 0) is 25.6 Å². The van der Waals surface area contributed by atoms with Crippen molar-refractivity contribution < 1.29 is 5.11 Å². The van der Waals surface area contributed by atoms with Crippen LogP contribution in [0.1, 0.15) is 0 Å². The van der Waals surface area contributed by atoms with Crippen LogP contribution in [0.3, 0.4) is 0 Å². The summed E-state index contributed by atoms with van der Waals surface area (Å²) in [6.07, 6.45) is 0. The number of likely N-dealkylation sites (N-methyl/N-ethyl adjacent to an activating group) is 1. The summed E-state index contributed by atoms with van der Waals surface area (Å²) < 4.78 is 3.73. The Kier molecular flexibility index (Phi) is 3.47. The second-order valence-corrected chi connectivity index (χ2v) is 3.80. The first-order valence-corrected chi connectivity index (χ1v) is 4.69. The Balaban J connectivity index is 2.44. The van der Waals surface area contributed by atoms with E-state index in [0.717, 1.165) is 11.5 Å². The first kappa shape index (κ1) is 10.2. The van der Waals surface area contributed by atoms with Crippen molar-refractivity contribution in [1.82, 2.24) is 9.27 Å². The van der Waals surface area contributed by atoms with Crippen LogP contribution in [0, 0.1) is 0 Å². The predicted molar refractivity (Wildman–Crippen MR) is 53.9 cm³/mol. The van der Waals surface area contributed by atoms with Crippen LogP contribution in [-0.4, -0.2) is 41.6 Å². The summed E-state index contributed by atoms with van der Waals surface area (Å²) in [7, 11) is 3.97. The first-order valence-electron chi connectivity index (χ1n) is 3.92. The molecule has 1 aromatic heterocycles. The molecule has 5 nitrogen and oxygen atoms in total. The van der Waals surface area contributed by atoms with Crippen molar-refractivity contribution in [1.29, 1.82) is 0 Å². The number of hydrogen-bond acceptors (Lipinski definition) is 6. The van der Waals surface area contributed by atoms with Crippen molar-refractivity contribution in [2.75, 3.05) is 32.2 Å². The van der Waals surface area contributed by atoms with Gasteiger partial charge in [-0.3, -0.25) is 5.01 Å². The maximum absolute atomic E-state index is 8.99. The largest absolute Gasteiger partial charge is 0.493 e. The number of anilines is 1. The SMILES string of the molecule is CN(C)CCN(N)c1cc(O)ns1. The second kappa shape index (κ2) is 4.40. The third kappa shape index (κ3) is 3.17. The highest BCUT2D eigenvalue weighted by atomic mass is 32.1. The topological polar surface area (TPSA) is 65.6 Å². The van der Waals surface area contributed by atoms with E-state index in [0.29, 0.717) is 6.54 Å². The van der Waals surface area contributed by atoms with Gasteiger partial charge in [0.1, 0.15) is 5.00 Å². The minimum atomic E-state index is 0.0281. The lowest BCUT2D eigenvalue weighted by Gasteiger charge is -2.18. The van der Waals surface area contributed by atoms with Crippen molar-refractivity contribution >= 4 is 16.5 Å². The van der Waals surface area contributed by atoms with E-state index in [1.54, 1.807) is 11.1 Å². The summed E-state index contributed by atoms with van der Waals surface area (Å²) in [4.78, 5) is 2.04. The molecule has 0 fully saturated rings. The van der Waals surface area contributed by atoms with Crippen LogP contribution < -0.4 is 10.9 Å². The summed E-state index contributed by atoms with van der Waals surface area (Å²) in [5, 5.41) is 11.3. The Bertz CT molecular complexity index is 263. The zero-order chi connectivity index (χ0) is 9.84. The molecule has 3 N–H and O–H groups in total. The number of rotatable bonds is 4. The van der Waals surface area contributed by atoms with Gasteiger partial charge in [0.05, 0.1) is 0 Å². The number of aromatic nitrogens is 1. The molecule has 0 saturated carbocycles. The maximum Gasteiger partial charge on any atom is 0.224 e. The Labute approximate surface area is 81.5 Å². The second-order valence-electron chi connectivity index (χ2n) is 3.02. The van der Waals surface area contributed by atoms with E-state index in [1.165, 1.54) is 11.5 Å². The van der Waals surface area contributed by atoms with E-state index in [9.17, 15) is 0 Å². The number of nitrogens with two attached hydrogens (primary N) is 1. The highest BCUT2D eigenvalue weighted by Crippen LogP contribution is 2.22. The van der Waals surface area contributed by atoms with Crippen molar-refractivity contribution in [2.45, 2.75) is 0 Å². The highest BCUT2D eigenvalue weighted by Gasteiger charge is 2.06. The van der Waals surface area contributed by atoms with Gasteiger partial charge in [0.2, 0.25) is 5.88 Å². The third-order valence-corrected chi connectivity index (χ3v) is 2.37. The van der Waals surface area contributed by atoms with Gasteiger partial charge in [0.15, 0.2) is 0 Å². The Morgan fingerprint density at radius 2 is 2.23 bits per heavy atom. The molecule has 0 spiro atoms. The molecule has 6 heteroatoms. The molecule has 0 aliphatic heterocycles. The Morgan fingerprint density at radius 1 is 1.54 bits per heavy atom. The summed E-state index contributed by atoms with van der Waals surface area (Å²) in [6.45, 7) is 1.59.